The van der Waals surface area contributed by atoms with E-state index in [0.717, 1.165) is 83.5 Å². The Morgan fingerprint density at radius 3 is 0.836 bits per heavy atom. The Morgan fingerprint density at radius 1 is 0.288 bits per heavy atom. The first-order valence-corrected chi connectivity index (χ1v) is 32.5. The third kappa shape index (κ3) is 60.4. The number of ether oxygens (including phenoxy) is 3. The first-order valence-electron chi connectivity index (χ1n) is 32.5. The molecule has 0 heterocycles. The van der Waals surface area contributed by atoms with E-state index in [2.05, 4.69) is 57.2 Å². The van der Waals surface area contributed by atoms with Crippen LogP contribution in [0.1, 0.15) is 355 Å². The summed E-state index contributed by atoms with van der Waals surface area (Å²) >= 11 is 0. The lowest BCUT2D eigenvalue weighted by molar-refractivity contribution is -0.167. The molecule has 0 rings (SSSR count). The maximum atomic E-state index is 12.9. The van der Waals surface area contributed by atoms with Gasteiger partial charge < -0.3 is 14.2 Å². The molecular formula is C67H124O6. The Kier molecular flexibility index (Phi) is 60.2. The third-order valence-corrected chi connectivity index (χ3v) is 14.7. The second kappa shape index (κ2) is 62.2. The van der Waals surface area contributed by atoms with Gasteiger partial charge in [0.25, 0.3) is 0 Å². The molecule has 73 heavy (non-hydrogen) atoms. The average Bonchev–Trinajstić information content (AvgIpc) is 3.39. The molecule has 0 radical (unpaired) electrons. The van der Waals surface area contributed by atoms with Crippen molar-refractivity contribution in [2.24, 2.45) is 0 Å². The summed E-state index contributed by atoms with van der Waals surface area (Å²) in [5.41, 5.74) is 0. The molecule has 6 nitrogen and oxygen atoms in total. The van der Waals surface area contributed by atoms with Crippen LogP contribution >= 0.6 is 0 Å². The van der Waals surface area contributed by atoms with Crippen LogP contribution in [0.2, 0.25) is 0 Å². The van der Waals surface area contributed by atoms with Gasteiger partial charge in [-0.2, -0.15) is 0 Å². The molecule has 0 aliphatic carbocycles. The Balaban J connectivity index is 4.27. The summed E-state index contributed by atoms with van der Waals surface area (Å²) in [4.78, 5) is 38.3. The average molecular weight is 1030 g/mol. The van der Waals surface area contributed by atoms with Crippen LogP contribution < -0.4 is 0 Å². The molecule has 0 aromatic carbocycles. The predicted molar refractivity (Wildman–Crippen MR) is 316 cm³/mol. The summed E-state index contributed by atoms with van der Waals surface area (Å²) in [5.74, 6) is -0.881. The van der Waals surface area contributed by atoms with E-state index in [1.165, 1.54) is 231 Å². The van der Waals surface area contributed by atoms with E-state index in [4.69, 9.17) is 14.2 Å². The Hall–Kier alpha value is -2.37. The molecule has 0 fully saturated rings. The Bertz CT molecular complexity index is 1220. The van der Waals surface area contributed by atoms with E-state index in [-0.39, 0.29) is 31.1 Å². The van der Waals surface area contributed by atoms with E-state index in [1.807, 2.05) is 0 Å². The van der Waals surface area contributed by atoms with Gasteiger partial charge in [-0.05, 0) is 51.4 Å². The van der Waals surface area contributed by atoms with Crippen LogP contribution in [-0.2, 0) is 28.6 Å². The van der Waals surface area contributed by atoms with Crippen molar-refractivity contribution < 1.29 is 28.6 Å². The first-order chi connectivity index (χ1) is 36.0. The highest BCUT2D eigenvalue weighted by atomic mass is 16.6. The Labute approximate surface area is 455 Å². The fourth-order valence-corrected chi connectivity index (χ4v) is 9.81. The molecule has 0 amide bonds. The molecule has 0 aromatic heterocycles. The van der Waals surface area contributed by atoms with Crippen LogP contribution in [-0.4, -0.2) is 37.2 Å². The van der Waals surface area contributed by atoms with E-state index in [0.29, 0.717) is 19.3 Å². The van der Waals surface area contributed by atoms with Crippen molar-refractivity contribution in [3.05, 3.63) is 36.5 Å². The zero-order chi connectivity index (χ0) is 52.9. The van der Waals surface area contributed by atoms with Gasteiger partial charge in [-0.3, -0.25) is 14.4 Å². The van der Waals surface area contributed by atoms with Crippen molar-refractivity contribution in [2.45, 2.75) is 361 Å². The van der Waals surface area contributed by atoms with Gasteiger partial charge >= 0.3 is 17.9 Å². The first kappa shape index (κ1) is 70.6. The molecule has 0 aliphatic heterocycles. The van der Waals surface area contributed by atoms with E-state index in [9.17, 15) is 14.4 Å². The van der Waals surface area contributed by atoms with Crippen molar-refractivity contribution >= 4 is 17.9 Å². The lowest BCUT2D eigenvalue weighted by atomic mass is 10.0. The topological polar surface area (TPSA) is 78.9 Å². The van der Waals surface area contributed by atoms with Gasteiger partial charge in [0.15, 0.2) is 6.10 Å². The number of carbonyl (C=O) groups is 3. The van der Waals surface area contributed by atoms with E-state index < -0.39 is 6.10 Å². The number of allylic oxidation sites excluding steroid dienone is 6. The summed E-state index contributed by atoms with van der Waals surface area (Å²) in [7, 11) is 0. The lowest BCUT2D eigenvalue weighted by Gasteiger charge is -2.18. The van der Waals surface area contributed by atoms with Crippen LogP contribution in [0.25, 0.3) is 0 Å². The molecule has 0 spiro atoms. The normalized spacial score (nSPS) is 12.2. The molecule has 0 saturated heterocycles. The SMILES string of the molecule is CC/C=C\C/C=C\C/C=C\CCCCCC(=O)OCC(COC(=O)CCCCCCCCCCCCCCCCCCCCCCC)OC(=O)CCCCCCCCCCCCCCCCCCCCCCC. The van der Waals surface area contributed by atoms with Crippen molar-refractivity contribution in [2.75, 3.05) is 13.2 Å². The number of hydrogen-bond donors (Lipinski definition) is 0. The quantitative estimate of drug-likeness (QED) is 0.0261. The van der Waals surface area contributed by atoms with Crippen molar-refractivity contribution in [1.29, 1.82) is 0 Å². The number of carbonyl (C=O) groups excluding carboxylic acids is 3. The van der Waals surface area contributed by atoms with E-state index >= 15 is 0 Å². The van der Waals surface area contributed by atoms with Gasteiger partial charge in [-0.25, -0.2) is 0 Å². The summed E-state index contributed by atoms with van der Waals surface area (Å²) in [6, 6.07) is 0. The standard InChI is InChI=1S/C67H124O6/c1-4-7-10-13-16-19-22-25-27-29-31-33-35-37-39-42-45-48-51-54-57-60-66(69)72-63-64(62-71-65(68)59-56-53-50-47-44-41-24-21-18-15-12-9-6-3)73-67(70)61-58-55-52-49-46-43-40-38-36-34-32-30-28-26-23-20-17-14-11-8-5-2/h9,12,18,21,41,44,64H,4-8,10-11,13-17,19-20,22-40,42-43,45-63H2,1-3H3/b12-9-,21-18-,44-41-. The van der Waals surface area contributed by atoms with Gasteiger partial charge in [0, 0.05) is 19.3 Å². The second-order valence-electron chi connectivity index (χ2n) is 22.0. The molecule has 0 saturated carbocycles. The molecular weight excluding hydrogens is 901 g/mol. The van der Waals surface area contributed by atoms with Crippen molar-refractivity contribution in [3.8, 4) is 0 Å². The summed E-state index contributed by atoms with van der Waals surface area (Å²) < 4.78 is 16.9. The zero-order valence-electron chi connectivity index (χ0n) is 49.2. The van der Waals surface area contributed by atoms with Crippen molar-refractivity contribution in [3.63, 3.8) is 0 Å². The van der Waals surface area contributed by atoms with Gasteiger partial charge in [0.1, 0.15) is 13.2 Å². The van der Waals surface area contributed by atoms with Crippen LogP contribution in [0.5, 0.6) is 0 Å². The monoisotopic (exact) mass is 1020 g/mol. The minimum atomic E-state index is -0.781. The molecule has 0 aliphatic rings. The number of esters is 3. The predicted octanol–water partition coefficient (Wildman–Crippen LogP) is 22.0. The molecule has 1 atom stereocenters. The maximum Gasteiger partial charge on any atom is 0.306 e. The fourth-order valence-electron chi connectivity index (χ4n) is 9.81. The second-order valence-corrected chi connectivity index (χ2v) is 22.0. The summed E-state index contributed by atoms with van der Waals surface area (Å²) in [6.45, 7) is 6.57. The minimum absolute atomic E-state index is 0.0760. The van der Waals surface area contributed by atoms with Gasteiger partial charge in [-0.15, -0.1) is 0 Å². The molecule has 1 unspecified atom stereocenters. The highest BCUT2D eigenvalue weighted by Crippen LogP contribution is 2.18. The lowest BCUT2D eigenvalue weighted by Crippen LogP contribution is -2.30. The van der Waals surface area contributed by atoms with Gasteiger partial charge in [0.05, 0.1) is 0 Å². The molecule has 0 bridgehead atoms. The largest absolute Gasteiger partial charge is 0.462 e. The molecule has 6 heteroatoms. The number of unbranched alkanes of at least 4 members (excludes halogenated alkanes) is 43. The van der Waals surface area contributed by atoms with E-state index in [1.54, 1.807) is 0 Å². The van der Waals surface area contributed by atoms with Crippen LogP contribution in [0.3, 0.4) is 0 Å². The number of hydrogen-bond acceptors (Lipinski definition) is 6. The minimum Gasteiger partial charge on any atom is -0.462 e. The van der Waals surface area contributed by atoms with Gasteiger partial charge in [-0.1, -0.05) is 320 Å². The molecule has 428 valence electrons. The van der Waals surface area contributed by atoms with Crippen LogP contribution in [0.4, 0.5) is 0 Å². The third-order valence-electron chi connectivity index (χ3n) is 14.7. The van der Waals surface area contributed by atoms with Crippen molar-refractivity contribution in [1.82, 2.24) is 0 Å². The summed E-state index contributed by atoms with van der Waals surface area (Å²) in [6.07, 6.45) is 75.9. The smallest absolute Gasteiger partial charge is 0.306 e. The fraction of sp³-hybridized carbons (Fsp3) is 0.866. The molecule has 0 aromatic rings. The highest BCUT2D eigenvalue weighted by Gasteiger charge is 2.19. The Morgan fingerprint density at radius 2 is 0.534 bits per heavy atom. The number of rotatable bonds is 60. The maximum absolute atomic E-state index is 12.9. The zero-order valence-corrected chi connectivity index (χ0v) is 49.2. The molecule has 0 N–H and O–H groups in total. The van der Waals surface area contributed by atoms with Crippen LogP contribution in [0.15, 0.2) is 36.5 Å². The summed E-state index contributed by atoms with van der Waals surface area (Å²) in [5, 5.41) is 0. The van der Waals surface area contributed by atoms with Crippen LogP contribution in [0, 0.1) is 0 Å². The van der Waals surface area contributed by atoms with Gasteiger partial charge in [0.2, 0.25) is 0 Å². The highest BCUT2D eigenvalue weighted by molar-refractivity contribution is 5.71.